The first-order valence-electron chi connectivity index (χ1n) is 5.87. The largest absolute Gasteiger partial charge is 0.393 e. The van der Waals surface area contributed by atoms with Gasteiger partial charge < -0.3 is 5.11 Å². The van der Waals surface area contributed by atoms with Crippen molar-refractivity contribution >= 4 is 29.0 Å². The van der Waals surface area contributed by atoms with Gasteiger partial charge in [0.15, 0.2) is 0 Å². The predicted molar refractivity (Wildman–Crippen MR) is 62.2 cm³/mol. The number of carbonyl (C=O) groups excluding carboxylic acids is 1. The van der Waals surface area contributed by atoms with Crippen molar-refractivity contribution in [2.75, 3.05) is 0 Å². The first-order valence-corrected chi connectivity index (χ1v) is 6.62. The molecule has 2 bridgehead atoms. The van der Waals surface area contributed by atoms with Gasteiger partial charge in [0.25, 0.3) is 0 Å². The van der Waals surface area contributed by atoms with Crippen LogP contribution in [0.3, 0.4) is 0 Å². The molecule has 3 saturated carbocycles. The van der Waals surface area contributed by atoms with E-state index in [0.717, 1.165) is 18.4 Å². The van der Waals surface area contributed by atoms with Crippen molar-refractivity contribution in [1.82, 2.24) is 0 Å². The van der Waals surface area contributed by atoms with Crippen LogP contribution < -0.4 is 0 Å². The lowest BCUT2D eigenvalue weighted by molar-refractivity contribution is -0.133. The van der Waals surface area contributed by atoms with Crippen LogP contribution >= 0.6 is 23.2 Å². The van der Waals surface area contributed by atoms with E-state index in [0.29, 0.717) is 23.1 Å². The van der Waals surface area contributed by atoms with Gasteiger partial charge in [0, 0.05) is 18.3 Å². The molecular weight excluding hydrogens is 247 g/mol. The maximum Gasteiger partial charge on any atom is 0.137 e. The molecule has 3 aliphatic carbocycles. The van der Waals surface area contributed by atoms with Crippen molar-refractivity contribution in [2.45, 2.75) is 31.8 Å². The summed E-state index contributed by atoms with van der Waals surface area (Å²) in [5.41, 5.74) is 1.05. The minimum absolute atomic E-state index is 0.00926. The van der Waals surface area contributed by atoms with Gasteiger partial charge in [-0.3, -0.25) is 4.79 Å². The van der Waals surface area contributed by atoms with Gasteiger partial charge in [-0.05, 0) is 36.7 Å². The Hall–Kier alpha value is -0.0500. The summed E-state index contributed by atoms with van der Waals surface area (Å²) < 4.78 is 0.335. The minimum Gasteiger partial charge on any atom is -0.393 e. The molecule has 88 valence electrons. The fourth-order valence-electron chi connectivity index (χ4n) is 4.11. The van der Waals surface area contributed by atoms with Gasteiger partial charge in [0.2, 0.25) is 0 Å². The lowest BCUT2D eigenvalue weighted by Gasteiger charge is -2.36. The van der Waals surface area contributed by atoms with Crippen molar-refractivity contribution < 1.29 is 9.90 Å². The van der Waals surface area contributed by atoms with Crippen LogP contribution in [0, 0.1) is 23.7 Å². The Morgan fingerprint density at radius 2 is 1.88 bits per heavy atom. The Morgan fingerprint density at radius 1 is 1.19 bits per heavy atom. The number of Topliss-reactive ketones (excluding diaryl/α,β-unsaturated/α-hetero) is 1. The molecule has 3 aliphatic rings. The van der Waals surface area contributed by atoms with Crippen LogP contribution in [-0.2, 0) is 4.79 Å². The molecule has 0 aromatic carbocycles. The molecule has 0 radical (unpaired) electrons. The number of ketones is 1. The zero-order valence-electron chi connectivity index (χ0n) is 8.83. The van der Waals surface area contributed by atoms with Crippen LogP contribution in [0.2, 0.25) is 0 Å². The number of hydrogen-bond acceptors (Lipinski definition) is 2. The molecule has 0 heterocycles. The summed E-state index contributed by atoms with van der Waals surface area (Å²) in [5, 5.41) is 10.1. The van der Waals surface area contributed by atoms with E-state index >= 15 is 0 Å². The number of rotatable bonds is 0. The van der Waals surface area contributed by atoms with E-state index in [-0.39, 0.29) is 29.8 Å². The van der Waals surface area contributed by atoms with Gasteiger partial charge in [-0.2, -0.15) is 0 Å². The van der Waals surface area contributed by atoms with Crippen molar-refractivity contribution in [1.29, 1.82) is 0 Å². The van der Waals surface area contributed by atoms with E-state index < -0.39 is 0 Å². The third-order valence-electron chi connectivity index (χ3n) is 4.62. The summed E-state index contributed by atoms with van der Waals surface area (Å²) in [6.45, 7) is 0. The SMILES string of the molecule is O=C1CC[C@H](O)[C@@H]2[C@H]1[C@H]1CC[C@@H]2C1=C(Cl)Cl. The van der Waals surface area contributed by atoms with E-state index in [1.807, 2.05) is 0 Å². The summed E-state index contributed by atoms with van der Waals surface area (Å²) in [6, 6.07) is 0. The third kappa shape index (κ3) is 1.33. The summed E-state index contributed by atoms with van der Waals surface area (Å²) in [7, 11) is 0. The molecule has 5 atom stereocenters. The molecule has 0 unspecified atom stereocenters. The fourth-order valence-corrected chi connectivity index (χ4v) is 4.67. The number of aliphatic hydroxyl groups is 1. The topological polar surface area (TPSA) is 37.3 Å². The number of allylic oxidation sites excluding steroid dienone is 1. The molecule has 0 aromatic heterocycles. The quantitative estimate of drug-likeness (QED) is 0.727. The Kier molecular flexibility index (Phi) is 2.58. The molecule has 0 saturated heterocycles. The normalized spacial score (nSPS) is 46.1. The van der Waals surface area contributed by atoms with Gasteiger partial charge in [0.1, 0.15) is 10.3 Å². The highest BCUT2D eigenvalue weighted by atomic mass is 35.5. The van der Waals surface area contributed by atoms with Crippen LogP contribution in [0.1, 0.15) is 25.7 Å². The molecule has 3 rings (SSSR count). The van der Waals surface area contributed by atoms with E-state index in [2.05, 4.69) is 0 Å². The molecular formula is C12H14Cl2O2. The maximum absolute atomic E-state index is 12.0. The number of halogens is 2. The lowest BCUT2D eigenvalue weighted by Crippen LogP contribution is -2.41. The van der Waals surface area contributed by atoms with Crippen molar-refractivity contribution in [2.24, 2.45) is 23.7 Å². The molecule has 1 N–H and O–H groups in total. The average Bonchev–Trinajstić information content (AvgIpc) is 2.79. The zero-order valence-corrected chi connectivity index (χ0v) is 10.3. The maximum atomic E-state index is 12.0. The van der Waals surface area contributed by atoms with E-state index in [4.69, 9.17) is 23.2 Å². The van der Waals surface area contributed by atoms with E-state index in [1.54, 1.807) is 0 Å². The molecule has 2 nitrogen and oxygen atoms in total. The van der Waals surface area contributed by atoms with Gasteiger partial charge in [-0.1, -0.05) is 23.2 Å². The number of hydrogen-bond donors (Lipinski definition) is 1. The average molecular weight is 261 g/mol. The minimum atomic E-state index is -0.347. The molecule has 4 heteroatoms. The Balaban J connectivity index is 2.04. The highest BCUT2D eigenvalue weighted by Crippen LogP contribution is 2.60. The number of carbonyl (C=O) groups is 1. The Bertz CT molecular complexity index is 373. The molecule has 0 aromatic rings. The summed E-state index contributed by atoms with van der Waals surface area (Å²) in [6.07, 6.45) is 2.80. The smallest absolute Gasteiger partial charge is 0.137 e. The fraction of sp³-hybridized carbons (Fsp3) is 0.750. The van der Waals surface area contributed by atoms with Crippen LogP contribution in [-0.4, -0.2) is 17.0 Å². The van der Waals surface area contributed by atoms with Crippen molar-refractivity contribution in [3.63, 3.8) is 0 Å². The first kappa shape index (κ1) is 11.1. The van der Waals surface area contributed by atoms with Crippen molar-refractivity contribution in [3.8, 4) is 0 Å². The van der Waals surface area contributed by atoms with Crippen LogP contribution in [0.15, 0.2) is 10.1 Å². The Morgan fingerprint density at radius 3 is 2.50 bits per heavy atom. The second kappa shape index (κ2) is 3.72. The number of fused-ring (bicyclic) bond motifs is 5. The van der Waals surface area contributed by atoms with Crippen LogP contribution in [0.25, 0.3) is 0 Å². The van der Waals surface area contributed by atoms with Crippen molar-refractivity contribution in [3.05, 3.63) is 10.1 Å². The van der Waals surface area contributed by atoms with E-state index in [1.165, 1.54) is 0 Å². The zero-order chi connectivity index (χ0) is 11.4. The molecule has 0 aliphatic heterocycles. The molecule has 16 heavy (non-hydrogen) atoms. The van der Waals surface area contributed by atoms with Gasteiger partial charge in [-0.25, -0.2) is 0 Å². The van der Waals surface area contributed by atoms with Crippen LogP contribution in [0.5, 0.6) is 0 Å². The highest BCUT2D eigenvalue weighted by molar-refractivity contribution is 6.56. The Labute approximate surface area is 105 Å². The van der Waals surface area contributed by atoms with Gasteiger partial charge >= 0.3 is 0 Å². The number of aliphatic hydroxyl groups excluding tert-OH is 1. The summed E-state index contributed by atoms with van der Waals surface area (Å²) in [4.78, 5) is 12.0. The second-order valence-electron chi connectivity index (χ2n) is 5.18. The monoisotopic (exact) mass is 260 g/mol. The second-order valence-corrected chi connectivity index (χ2v) is 6.13. The third-order valence-corrected chi connectivity index (χ3v) is 5.06. The summed E-state index contributed by atoms with van der Waals surface area (Å²) in [5.74, 6) is 0.837. The molecule has 3 fully saturated rings. The predicted octanol–water partition coefficient (Wildman–Crippen LogP) is 2.67. The first-order chi connectivity index (χ1) is 7.61. The van der Waals surface area contributed by atoms with Gasteiger partial charge in [-0.15, -0.1) is 0 Å². The lowest BCUT2D eigenvalue weighted by atomic mass is 9.69. The molecule has 0 spiro atoms. The summed E-state index contributed by atoms with van der Waals surface area (Å²) >= 11 is 11.9. The standard InChI is InChI=1S/C12H14Cl2O2/c13-12(14)9-5-1-2-6(9)11-8(16)4-3-7(15)10(5)11/h5-7,10-11,15H,1-4H2/t5-,6+,7+,10-,11+/m1/s1. The van der Waals surface area contributed by atoms with Crippen LogP contribution in [0.4, 0.5) is 0 Å². The highest BCUT2D eigenvalue weighted by Gasteiger charge is 2.58. The van der Waals surface area contributed by atoms with E-state index in [9.17, 15) is 9.90 Å². The molecule has 0 amide bonds. The van der Waals surface area contributed by atoms with Gasteiger partial charge in [0.05, 0.1) is 6.10 Å².